The monoisotopic (exact) mass is 287 g/mol. The zero-order valence-corrected chi connectivity index (χ0v) is 12.1. The lowest BCUT2D eigenvalue weighted by Gasteiger charge is -2.19. The molecule has 2 rings (SSSR count). The van der Waals surface area contributed by atoms with E-state index < -0.39 is 0 Å². The Morgan fingerprint density at radius 3 is 2.67 bits per heavy atom. The Morgan fingerprint density at radius 1 is 1.24 bits per heavy atom. The summed E-state index contributed by atoms with van der Waals surface area (Å²) in [5.41, 5.74) is 8.29. The highest BCUT2D eigenvalue weighted by molar-refractivity contribution is 5.95. The Bertz CT molecular complexity index is 658. The molecule has 2 aromatic rings. The molecule has 0 saturated carbocycles. The third-order valence-electron chi connectivity index (χ3n) is 3.29. The Kier molecular flexibility index (Phi) is 4.42. The van der Waals surface area contributed by atoms with Crippen molar-refractivity contribution < 1.29 is 9.18 Å². The van der Waals surface area contributed by atoms with Gasteiger partial charge in [-0.2, -0.15) is 0 Å². The van der Waals surface area contributed by atoms with Crippen LogP contribution in [0.3, 0.4) is 0 Å². The van der Waals surface area contributed by atoms with Crippen molar-refractivity contribution in [3.8, 4) is 0 Å². The maximum Gasteiger partial charge on any atom is 0.243 e. The maximum absolute atomic E-state index is 13.6. The zero-order chi connectivity index (χ0) is 15.4. The molecule has 21 heavy (non-hydrogen) atoms. The van der Waals surface area contributed by atoms with E-state index in [4.69, 9.17) is 5.73 Å². The smallest absolute Gasteiger partial charge is 0.243 e. The number of para-hydroxylation sites is 1. The number of likely N-dealkylation sites (N-methyl/N-ethyl adjacent to an activating group) is 1. The van der Waals surface area contributed by atoms with Crippen molar-refractivity contribution in [2.75, 3.05) is 29.5 Å². The first kappa shape index (κ1) is 14.8. The third-order valence-corrected chi connectivity index (χ3v) is 3.29. The molecule has 2 aromatic carbocycles. The molecule has 0 aliphatic rings. The summed E-state index contributed by atoms with van der Waals surface area (Å²) in [5, 5.41) is 2.79. The number of carbonyl (C=O) groups is 1. The lowest BCUT2D eigenvalue weighted by atomic mass is 10.1. The van der Waals surface area contributed by atoms with E-state index in [0.29, 0.717) is 17.1 Å². The molecule has 110 valence electrons. The molecule has 0 spiro atoms. The normalized spacial score (nSPS) is 10.2. The SMILES string of the molecule is Cc1c(N)cccc1NC(=O)CN(C)c1ccccc1F. The van der Waals surface area contributed by atoms with Crippen LogP contribution in [0.4, 0.5) is 21.5 Å². The van der Waals surface area contributed by atoms with Crippen LogP contribution in [0.2, 0.25) is 0 Å². The van der Waals surface area contributed by atoms with E-state index in [1.807, 2.05) is 6.92 Å². The Morgan fingerprint density at radius 2 is 1.95 bits per heavy atom. The first-order chi connectivity index (χ1) is 9.99. The highest BCUT2D eigenvalue weighted by Crippen LogP contribution is 2.21. The third kappa shape index (κ3) is 3.51. The highest BCUT2D eigenvalue weighted by atomic mass is 19.1. The number of carbonyl (C=O) groups excluding carboxylic acids is 1. The van der Waals surface area contributed by atoms with Gasteiger partial charge in [-0.25, -0.2) is 4.39 Å². The summed E-state index contributed by atoms with van der Waals surface area (Å²) in [6.07, 6.45) is 0. The first-order valence-electron chi connectivity index (χ1n) is 6.59. The van der Waals surface area contributed by atoms with Crippen LogP contribution < -0.4 is 16.0 Å². The number of rotatable bonds is 4. The van der Waals surface area contributed by atoms with Gasteiger partial charge in [0.05, 0.1) is 12.2 Å². The van der Waals surface area contributed by atoms with Gasteiger partial charge in [0.2, 0.25) is 5.91 Å². The molecule has 0 aliphatic carbocycles. The van der Waals surface area contributed by atoms with Crippen LogP contribution in [0.25, 0.3) is 0 Å². The minimum atomic E-state index is -0.354. The number of benzene rings is 2. The van der Waals surface area contributed by atoms with Crippen LogP contribution in [0, 0.1) is 12.7 Å². The predicted molar refractivity (Wildman–Crippen MR) is 83.9 cm³/mol. The summed E-state index contributed by atoms with van der Waals surface area (Å²) < 4.78 is 13.6. The molecular formula is C16H18FN3O. The van der Waals surface area contributed by atoms with Gasteiger partial charge in [0.1, 0.15) is 5.82 Å². The average molecular weight is 287 g/mol. The zero-order valence-electron chi connectivity index (χ0n) is 12.1. The van der Waals surface area contributed by atoms with E-state index in [1.165, 1.54) is 6.07 Å². The van der Waals surface area contributed by atoms with E-state index in [0.717, 1.165) is 5.56 Å². The summed E-state index contributed by atoms with van der Waals surface area (Å²) in [6, 6.07) is 11.7. The molecule has 0 aliphatic heterocycles. The molecular weight excluding hydrogens is 269 g/mol. The molecule has 0 unspecified atom stereocenters. The fourth-order valence-corrected chi connectivity index (χ4v) is 2.04. The molecule has 0 fully saturated rings. The van der Waals surface area contributed by atoms with Gasteiger partial charge in [0.15, 0.2) is 0 Å². The number of nitrogens with zero attached hydrogens (tertiary/aromatic N) is 1. The molecule has 0 saturated heterocycles. The van der Waals surface area contributed by atoms with Gasteiger partial charge in [-0.05, 0) is 36.8 Å². The number of nitrogens with one attached hydrogen (secondary N) is 1. The number of anilines is 3. The topological polar surface area (TPSA) is 58.4 Å². The second kappa shape index (κ2) is 6.26. The number of nitrogen functional groups attached to an aromatic ring is 1. The van der Waals surface area contributed by atoms with E-state index in [9.17, 15) is 9.18 Å². The molecule has 1 amide bonds. The number of hydrogen-bond donors (Lipinski definition) is 2. The van der Waals surface area contributed by atoms with Crippen LogP contribution in [-0.4, -0.2) is 19.5 Å². The van der Waals surface area contributed by atoms with Crippen molar-refractivity contribution in [3.63, 3.8) is 0 Å². The first-order valence-corrected chi connectivity index (χ1v) is 6.59. The second-order valence-corrected chi connectivity index (χ2v) is 4.88. The standard InChI is InChI=1S/C16H18FN3O/c1-11-13(18)7-5-8-14(11)19-16(21)10-20(2)15-9-4-3-6-12(15)17/h3-9H,10,18H2,1-2H3,(H,19,21). The van der Waals surface area contributed by atoms with Crippen LogP contribution in [0.5, 0.6) is 0 Å². The van der Waals surface area contributed by atoms with Crippen molar-refractivity contribution in [1.82, 2.24) is 0 Å². The van der Waals surface area contributed by atoms with Gasteiger partial charge in [0.25, 0.3) is 0 Å². The van der Waals surface area contributed by atoms with Crippen LogP contribution in [0.1, 0.15) is 5.56 Å². The fourth-order valence-electron chi connectivity index (χ4n) is 2.04. The largest absolute Gasteiger partial charge is 0.398 e. The van der Waals surface area contributed by atoms with E-state index in [-0.39, 0.29) is 18.3 Å². The molecule has 3 N–H and O–H groups in total. The van der Waals surface area contributed by atoms with E-state index in [2.05, 4.69) is 5.32 Å². The highest BCUT2D eigenvalue weighted by Gasteiger charge is 2.12. The summed E-state index contributed by atoms with van der Waals surface area (Å²) >= 11 is 0. The lowest BCUT2D eigenvalue weighted by molar-refractivity contribution is -0.114. The van der Waals surface area contributed by atoms with Crippen LogP contribution >= 0.6 is 0 Å². The fraction of sp³-hybridized carbons (Fsp3) is 0.188. The quantitative estimate of drug-likeness (QED) is 0.850. The summed E-state index contributed by atoms with van der Waals surface area (Å²) in [6.45, 7) is 1.89. The lowest BCUT2D eigenvalue weighted by Crippen LogP contribution is -2.30. The minimum absolute atomic E-state index is 0.0508. The van der Waals surface area contributed by atoms with Gasteiger partial charge in [-0.15, -0.1) is 0 Å². The van der Waals surface area contributed by atoms with E-state index >= 15 is 0 Å². The number of nitrogens with two attached hydrogens (primary N) is 1. The number of hydrogen-bond acceptors (Lipinski definition) is 3. The Hall–Kier alpha value is -2.56. The second-order valence-electron chi connectivity index (χ2n) is 4.88. The van der Waals surface area contributed by atoms with Crippen molar-refractivity contribution in [1.29, 1.82) is 0 Å². The van der Waals surface area contributed by atoms with Crippen molar-refractivity contribution in [3.05, 3.63) is 53.8 Å². The van der Waals surface area contributed by atoms with E-state index in [1.54, 1.807) is 48.3 Å². The van der Waals surface area contributed by atoms with Gasteiger partial charge < -0.3 is 16.0 Å². The van der Waals surface area contributed by atoms with Crippen molar-refractivity contribution >= 4 is 23.0 Å². The van der Waals surface area contributed by atoms with Crippen LogP contribution in [0.15, 0.2) is 42.5 Å². The summed E-state index contributed by atoms with van der Waals surface area (Å²) in [5.74, 6) is -0.581. The number of amides is 1. The van der Waals surface area contributed by atoms with Gasteiger partial charge >= 0.3 is 0 Å². The molecule has 0 heterocycles. The number of halogens is 1. The molecule has 0 radical (unpaired) electrons. The minimum Gasteiger partial charge on any atom is -0.398 e. The Labute approximate surface area is 123 Å². The van der Waals surface area contributed by atoms with Gasteiger partial charge in [0, 0.05) is 18.4 Å². The summed E-state index contributed by atoms with van der Waals surface area (Å²) in [7, 11) is 1.67. The van der Waals surface area contributed by atoms with Crippen molar-refractivity contribution in [2.24, 2.45) is 0 Å². The van der Waals surface area contributed by atoms with Crippen molar-refractivity contribution in [2.45, 2.75) is 6.92 Å². The molecule has 4 nitrogen and oxygen atoms in total. The predicted octanol–water partition coefficient (Wildman–Crippen LogP) is 2.79. The Balaban J connectivity index is 2.05. The van der Waals surface area contributed by atoms with Gasteiger partial charge in [-0.3, -0.25) is 4.79 Å². The molecule has 0 bridgehead atoms. The van der Waals surface area contributed by atoms with Gasteiger partial charge in [-0.1, -0.05) is 18.2 Å². The molecule has 0 aromatic heterocycles. The summed E-state index contributed by atoms with van der Waals surface area (Å²) in [4.78, 5) is 13.6. The maximum atomic E-state index is 13.6. The molecule has 0 atom stereocenters. The molecule has 5 heteroatoms. The van der Waals surface area contributed by atoms with Crippen LogP contribution in [-0.2, 0) is 4.79 Å². The average Bonchev–Trinajstić information content (AvgIpc) is 2.44.